The van der Waals surface area contributed by atoms with Crippen LogP contribution in [-0.2, 0) is 0 Å². The van der Waals surface area contributed by atoms with E-state index < -0.39 is 0 Å². The minimum Gasteiger partial charge on any atom is -0.135 e. The summed E-state index contributed by atoms with van der Waals surface area (Å²) in [4.78, 5) is 0. The van der Waals surface area contributed by atoms with Gasteiger partial charge in [0.2, 0.25) is 0 Å². The molecule has 0 saturated heterocycles. The minimum absolute atomic E-state index is 1.26. The SMILES string of the molecule is c1ccc2c(-c3c4ccccc4c(-c4ccc5c(c4)sc4cc(-c6cccc7c6sc6c8ccccc8ccc76)ccc45)c4ccccc34)cccc2c1. The first-order valence-corrected chi connectivity index (χ1v) is 20.1. The number of rotatable bonds is 3. The molecular formula is C52H30S2. The Morgan fingerprint density at radius 1 is 0.259 bits per heavy atom. The fraction of sp³-hybridized carbons (Fsp3) is 0. The number of hydrogen-bond acceptors (Lipinski definition) is 2. The van der Waals surface area contributed by atoms with Crippen molar-refractivity contribution in [3.05, 3.63) is 182 Å². The van der Waals surface area contributed by atoms with Gasteiger partial charge in [0.15, 0.2) is 0 Å². The second kappa shape index (κ2) is 11.6. The van der Waals surface area contributed by atoms with E-state index in [4.69, 9.17) is 0 Å². The summed E-state index contributed by atoms with van der Waals surface area (Å²) >= 11 is 3.83. The lowest BCUT2D eigenvalue weighted by molar-refractivity contribution is 1.69. The lowest BCUT2D eigenvalue weighted by Crippen LogP contribution is -1.91. The summed E-state index contributed by atoms with van der Waals surface area (Å²) in [5.41, 5.74) is 7.72. The Hall–Kier alpha value is -6.32. The summed E-state index contributed by atoms with van der Waals surface area (Å²) in [6, 6.07) is 67.8. The molecule has 0 amide bonds. The smallest absolute Gasteiger partial charge is 0.0434 e. The van der Waals surface area contributed by atoms with Gasteiger partial charge in [-0.05, 0) is 88.6 Å². The topological polar surface area (TPSA) is 0 Å². The largest absolute Gasteiger partial charge is 0.135 e. The third-order valence-electron chi connectivity index (χ3n) is 11.5. The van der Waals surface area contributed by atoms with E-state index in [0.717, 1.165) is 0 Å². The second-order valence-corrected chi connectivity index (χ2v) is 16.4. The summed E-state index contributed by atoms with van der Waals surface area (Å²) in [5.74, 6) is 0. The van der Waals surface area contributed by atoms with Crippen molar-refractivity contribution in [3.63, 3.8) is 0 Å². The van der Waals surface area contributed by atoms with Crippen molar-refractivity contribution < 1.29 is 0 Å². The van der Waals surface area contributed by atoms with Gasteiger partial charge in [-0.25, -0.2) is 0 Å². The van der Waals surface area contributed by atoms with Crippen LogP contribution >= 0.6 is 22.7 Å². The standard InChI is InChI=1S/C52H30S2/c1-3-14-35-31(11-1)13-9-21-40(35)50-43-18-7-5-16-41(43)49(42-17-6-8-19-44(42)50)34-25-27-39-38-26-24-33(29-47(38)53-48(39)30-34)37-20-10-22-45-46-28-23-32-12-2-4-15-36(32)51(46)54-52(37)45/h1-30H. The van der Waals surface area contributed by atoms with Crippen LogP contribution in [0.5, 0.6) is 0 Å². The zero-order valence-corrected chi connectivity index (χ0v) is 30.8. The molecule has 0 bridgehead atoms. The molecule has 54 heavy (non-hydrogen) atoms. The average molecular weight is 719 g/mol. The highest BCUT2D eigenvalue weighted by atomic mass is 32.1. The summed E-state index contributed by atoms with van der Waals surface area (Å²) in [5, 5.41) is 15.6. The monoisotopic (exact) mass is 718 g/mol. The van der Waals surface area contributed by atoms with Crippen LogP contribution < -0.4 is 0 Å². The Morgan fingerprint density at radius 3 is 1.46 bits per heavy atom. The van der Waals surface area contributed by atoms with E-state index in [2.05, 4.69) is 182 Å². The number of benzene rings is 10. The van der Waals surface area contributed by atoms with Gasteiger partial charge in [0.05, 0.1) is 0 Å². The van der Waals surface area contributed by atoms with Gasteiger partial charge in [0.25, 0.3) is 0 Å². The molecule has 12 aromatic rings. The summed E-state index contributed by atoms with van der Waals surface area (Å²) in [6.45, 7) is 0. The molecule has 0 fully saturated rings. The maximum absolute atomic E-state index is 2.43. The first-order chi connectivity index (χ1) is 26.8. The number of hydrogen-bond donors (Lipinski definition) is 0. The lowest BCUT2D eigenvalue weighted by atomic mass is 9.84. The van der Waals surface area contributed by atoms with Crippen LogP contribution in [0.15, 0.2) is 182 Å². The van der Waals surface area contributed by atoms with Crippen molar-refractivity contribution in [2.45, 2.75) is 0 Å². The van der Waals surface area contributed by atoms with E-state index in [-0.39, 0.29) is 0 Å². The fourth-order valence-corrected chi connectivity index (χ4v) is 11.6. The molecular weight excluding hydrogens is 689 g/mol. The quantitative estimate of drug-likeness (QED) is 0.160. The van der Waals surface area contributed by atoms with Gasteiger partial charge < -0.3 is 0 Å². The third-order valence-corrected chi connectivity index (χ3v) is 13.9. The Morgan fingerprint density at radius 2 is 0.741 bits per heavy atom. The van der Waals surface area contributed by atoms with Crippen molar-refractivity contribution in [3.8, 4) is 33.4 Å². The molecule has 2 heteroatoms. The maximum atomic E-state index is 2.43. The fourth-order valence-electron chi connectivity index (χ4n) is 9.03. The van der Waals surface area contributed by atoms with Crippen molar-refractivity contribution in [2.75, 3.05) is 0 Å². The van der Waals surface area contributed by atoms with Crippen LogP contribution in [0.2, 0.25) is 0 Å². The summed E-state index contributed by atoms with van der Waals surface area (Å²) < 4.78 is 5.37. The van der Waals surface area contributed by atoms with E-state index in [1.807, 2.05) is 22.7 Å². The average Bonchev–Trinajstić information content (AvgIpc) is 3.80. The molecule has 0 nitrogen and oxygen atoms in total. The van der Waals surface area contributed by atoms with E-state index in [1.54, 1.807) is 0 Å². The van der Waals surface area contributed by atoms with Gasteiger partial charge in [0.1, 0.15) is 0 Å². The van der Waals surface area contributed by atoms with E-state index in [9.17, 15) is 0 Å². The van der Waals surface area contributed by atoms with Gasteiger partial charge in [-0.2, -0.15) is 0 Å². The van der Waals surface area contributed by atoms with Crippen LogP contribution in [0.25, 0.3) is 117 Å². The van der Waals surface area contributed by atoms with Crippen molar-refractivity contribution in [2.24, 2.45) is 0 Å². The first-order valence-electron chi connectivity index (χ1n) is 18.5. The highest BCUT2D eigenvalue weighted by Gasteiger charge is 2.19. The van der Waals surface area contributed by atoms with Gasteiger partial charge in [0, 0.05) is 40.3 Å². The predicted octanol–water partition coefficient (Wildman–Crippen LogP) is 16.0. The Kier molecular flexibility index (Phi) is 6.48. The molecule has 0 aliphatic rings. The Balaban J connectivity index is 1.04. The van der Waals surface area contributed by atoms with Gasteiger partial charge >= 0.3 is 0 Å². The van der Waals surface area contributed by atoms with Gasteiger partial charge in [-0.3, -0.25) is 0 Å². The van der Waals surface area contributed by atoms with Gasteiger partial charge in [-0.1, -0.05) is 170 Å². The lowest BCUT2D eigenvalue weighted by Gasteiger charge is -2.18. The normalized spacial score (nSPS) is 12.1. The highest BCUT2D eigenvalue weighted by Crippen LogP contribution is 2.48. The molecule has 0 spiro atoms. The molecule has 0 aliphatic carbocycles. The van der Waals surface area contributed by atoms with Crippen LogP contribution in [0, 0.1) is 0 Å². The molecule has 0 aliphatic heterocycles. The Labute approximate surface area is 319 Å². The molecule has 0 atom stereocenters. The number of fused-ring (bicyclic) bond motifs is 11. The van der Waals surface area contributed by atoms with Crippen molar-refractivity contribution in [1.29, 1.82) is 0 Å². The summed E-state index contributed by atoms with van der Waals surface area (Å²) in [6.07, 6.45) is 0. The second-order valence-electron chi connectivity index (χ2n) is 14.3. The van der Waals surface area contributed by atoms with E-state index >= 15 is 0 Å². The maximum Gasteiger partial charge on any atom is 0.0434 e. The zero-order chi connectivity index (χ0) is 35.3. The molecule has 12 rings (SSSR count). The number of thiophene rings is 2. The molecule has 0 radical (unpaired) electrons. The molecule has 0 unspecified atom stereocenters. The van der Waals surface area contributed by atoms with Crippen LogP contribution in [0.3, 0.4) is 0 Å². The van der Waals surface area contributed by atoms with E-state index in [0.29, 0.717) is 0 Å². The highest BCUT2D eigenvalue weighted by molar-refractivity contribution is 7.27. The minimum atomic E-state index is 1.26. The molecule has 2 aromatic heterocycles. The van der Waals surface area contributed by atoms with Crippen LogP contribution in [0.1, 0.15) is 0 Å². The van der Waals surface area contributed by atoms with Crippen molar-refractivity contribution >= 4 is 106 Å². The van der Waals surface area contributed by atoms with Crippen LogP contribution in [-0.4, -0.2) is 0 Å². The molecule has 0 N–H and O–H groups in total. The molecule has 0 saturated carbocycles. The van der Waals surface area contributed by atoms with Gasteiger partial charge in [-0.15, -0.1) is 22.7 Å². The zero-order valence-electron chi connectivity index (χ0n) is 29.1. The first kappa shape index (κ1) is 30.2. The predicted molar refractivity (Wildman–Crippen MR) is 239 cm³/mol. The Bertz CT molecular complexity index is 3440. The third kappa shape index (κ3) is 4.36. The summed E-state index contributed by atoms with van der Waals surface area (Å²) in [7, 11) is 0. The molecule has 2 heterocycles. The van der Waals surface area contributed by atoms with Crippen LogP contribution in [0.4, 0.5) is 0 Å². The molecule has 10 aromatic carbocycles. The van der Waals surface area contributed by atoms with E-state index in [1.165, 1.54) is 117 Å². The van der Waals surface area contributed by atoms with Crippen molar-refractivity contribution in [1.82, 2.24) is 0 Å². The molecule has 250 valence electrons.